The Balaban J connectivity index is 1.20. The molecule has 3 aliphatic carbocycles. The van der Waals surface area contributed by atoms with E-state index >= 15 is 0 Å². The third kappa shape index (κ3) is 8.30. The zero-order valence-corrected chi connectivity index (χ0v) is 43.2. The summed E-state index contributed by atoms with van der Waals surface area (Å²) in [5.41, 5.74) is 12.8. The highest BCUT2D eigenvalue weighted by atomic mass is 16.7. The number of fused-ring (bicyclic) bond motifs is 6. The van der Waals surface area contributed by atoms with Gasteiger partial charge in [-0.1, -0.05) is 189 Å². The molecular weight excluding hydrogens is 818 g/mol. The van der Waals surface area contributed by atoms with Crippen molar-refractivity contribution in [3.8, 4) is 22.3 Å². The third-order valence-electron chi connectivity index (χ3n) is 17.8. The van der Waals surface area contributed by atoms with Gasteiger partial charge in [0.05, 0.1) is 27.8 Å². The van der Waals surface area contributed by atoms with Crippen molar-refractivity contribution in [2.24, 2.45) is 5.92 Å². The second-order valence-electron chi connectivity index (χ2n) is 23.2. The van der Waals surface area contributed by atoms with Crippen LogP contribution in [0.15, 0.2) is 109 Å². The van der Waals surface area contributed by atoms with E-state index in [1.807, 2.05) is 0 Å². The van der Waals surface area contributed by atoms with Gasteiger partial charge in [0.25, 0.3) is 0 Å². The van der Waals surface area contributed by atoms with Crippen LogP contribution < -0.4 is 5.46 Å². The van der Waals surface area contributed by atoms with Crippen molar-refractivity contribution < 1.29 is 18.6 Å². The summed E-state index contributed by atoms with van der Waals surface area (Å²) < 4.78 is 26.7. The van der Waals surface area contributed by atoms with Crippen LogP contribution in [0.1, 0.15) is 194 Å². The first-order valence-corrected chi connectivity index (χ1v) is 26.6. The zero-order valence-electron chi connectivity index (χ0n) is 43.2. The van der Waals surface area contributed by atoms with E-state index in [0.717, 1.165) is 5.46 Å². The summed E-state index contributed by atoms with van der Waals surface area (Å²) in [7, 11) is -0.752. The Morgan fingerprint density at radius 1 is 0.493 bits per heavy atom. The predicted molar refractivity (Wildman–Crippen MR) is 282 cm³/mol. The van der Waals surface area contributed by atoms with Gasteiger partial charge in [-0.3, -0.25) is 0 Å². The third-order valence-corrected chi connectivity index (χ3v) is 17.8. The molecule has 4 aromatic rings. The van der Waals surface area contributed by atoms with Crippen molar-refractivity contribution in [2.75, 3.05) is 0 Å². The van der Waals surface area contributed by atoms with Gasteiger partial charge in [0.15, 0.2) is 0 Å². The molecule has 67 heavy (non-hydrogen) atoms. The van der Waals surface area contributed by atoms with E-state index in [9.17, 15) is 0 Å². The molecule has 2 aliphatic heterocycles. The lowest BCUT2D eigenvalue weighted by molar-refractivity contribution is 0.00578. The van der Waals surface area contributed by atoms with Gasteiger partial charge < -0.3 is 18.6 Å². The van der Waals surface area contributed by atoms with Crippen LogP contribution in [0.2, 0.25) is 5.82 Å². The Kier molecular flexibility index (Phi) is 13.4. The SMILES string of the molecule is CCCCCCCCC1(CCCCCCCC)c2ccccc2-c2cc3c(cc21)-c1ccccc1C3(C1=CC(C)C(B2OC(C)(C)C(C)(C)O2)C=C1)c1ccc(B2OC(C)(C)C(C)(C)O2)cc1. The highest BCUT2D eigenvalue weighted by molar-refractivity contribution is 6.62. The molecule has 3 unspecified atom stereocenters. The van der Waals surface area contributed by atoms with Crippen molar-refractivity contribution in [3.05, 3.63) is 137 Å². The van der Waals surface area contributed by atoms with E-state index in [0.29, 0.717) is 0 Å². The highest BCUT2D eigenvalue weighted by Gasteiger charge is 2.56. The number of benzene rings is 4. The van der Waals surface area contributed by atoms with Gasteiger partial charge in [0.1, 0.15) is 0 Å². The topological polar surface area (TPSA) is 36.9 Å². The molecule has 4 nitrogen and oxygen atoms in total. The van der Waals surface area contributed by atoms with Crippen molar-refractivity contribution in [1.29, 1.82) is 0 Å². The quantitative estimate of drug-likeness (QED) is 0.0736. The normalized spacial score (nSPS) is 24.4. The van der Waals surface area contributed by atoms with Crippen LogP contribution >= 0.6 is 0 Å². The molecule has 2 saturated heterocycles. The Morgan fingerprint density at radius 2 is 0.970 bits per heavy atom. The first-order chi connectivity index (χ1) is 32.0. The Hall–Kier alpha value is -3.67. The monoisotopic (exact) mass is 899 g/mol. The molecule has 5 aliphatic rings. The number of hydrogen-bond donors (Lipinski definition) is 0. The van der Waals surface area contributed by atoms with Crippen LogP contribution in [-0.4, -0.2) is 36.6 Å². The van der Waals surface area contributed by atoms with E-state index in [1.54, 1.807) is 11.1 Å². The van der Waals surface area contributed by atoms with Crippen LogP contribution in [0.25, 0.3) is 22.3 Å². The minimum absolute atomic E-state index is 0.00424. The average Bonchev–Trinajstić information content (AvgIpc) is 3.90. The minimum Gasteiger partial charge on any atom is -0.403 e. The standard InChI is InChI=1S/C61H80B2O4/c1-12-14-16-18-20-26-38-60(39-27-21-19-17-15-13-2)51-30-24-22-28-47(51)49-42-54-50(41-53(49)60)48-29-23-25-31-52(48)61(54,44-32-35-46(36-33-44)62-64-56(4,5)57(6,7)65-62)45-34-37-55(43(3)40-45)63-66-58(8,9)59(10,11)67-63/h22-25,28-37,40-43,55H,12-21,26-27,38-39H2,1-11H3. The molecule has 3 atom stereocenters. The molecule has 6 heteroatoms. The molecule has 354 valence electrons. The molecule has 4 aromatic carbocycles. The van der Waals surface area contributed by atoms with E-state index in [-0.39, 0.29) is 24.3 Å². The van der Waals surface area contributed by atoms with Crippen LogP contribution in [0, 0.1) is 5.92 Å². The Morgan fingerprint density at radius 3 is 1.54 bits per heavy atom. The first kappa shape index (κ1) is 48.4. The van der Waals surface area contributed by atoms with Crippen LogP contribution in [0.5, 0.6) is 0 Å². The molecule has 0 saturated carbocycles. The van der Waals surface area contributed by atoms with E-state index in [1.165, 1.54) is 134 Å². The first-order valence-electron chi connectivity index (χ1n) is 26.6. The molecule has 0 bridgehead atoms. The maximum absolute atomic E-state index is 6.73. The van der Waals surface area contributed by atoms with Crippen LogP contribution in [0.3, 0.4) is 0 Å². The molecule has 2 fully saturated rings. The Bertz CT molecular complexity index is 2430. The van der Waals surface area contributed by atoms with Crippen LogP contribution in [-0.2, 0) is 29.4 Å². The van der Waals surface area contributed by atoms with Crippen molar-refractivity contribution >= 4 is 19.7 Å². The lowest BCUT2D eigenvalue weighted by atomic mass is 9.59. The van der Waals surface area contributed by atoms with Gasteiger partial charge >= 0.3 is 14.2 Å². The fraction of sp³-hybridized carbons (Fsp3) is 0.541. The van der Waals surface area contributed by atoms with Crippen molar-refractivity contribution in [2.45, 2.75) is 205 Å². The average molecular weight is 899 g/mol. The van der Waals surface area contributed by atoms with Gasteiger partial charge in [-0.2, -0.15) is 0 Å². The van der Waals surface area contributed by atoms with Gasteiger partial charge in [0.2, 0.25) is 0 Å². The lowest BCUT2D eigenvalue weighted by Gasteiger charge is -2.38. The van der Waals surface area contributed by atoms with Gasteiger partial charge in [-0.25, -0.2) is 0 Å². The predicted octanol–water partition coefficient (Wildman–Crippen LogP) is 15.7. The number of rotatable bonds is 18. The minimum atomic E-state index is -0.570. The summed E-state index contributed by atoms with van der Waals surface area (Å²) in [5, 5.41) is 0. The van der Waals surface area contributed by atoms with Gasteiger partial charge in [-0.05, 0) is 147 Å². The number of unbranched alkanes of at least 4 members (excludes halogenated alkanes) is 10. The molecule has 0 amide bonds. The van der Waals surface area contributed by atoms with E-state index in [4.69, 9.17) is 18.6 Å². The fourth-order valence-corrected chi connectivity index (χ4v) is 12.4. The summed E-state index contributed by atoms with van der Waals surface area (Å²) in [6.45, 7) is 24.2. The molecule has 9 rings (SSSR count). The van der Waals surface area contributed by atoms with Crippen LogP contribution in [0.4, 0.5) is 0 Å². The van der Waals surface area contributed by atoms with E-state index < -0.39 is 34.9 Å². The molecule has 0 spiro atoms. The summed E-state index contributed by atoms with van der Waals surface area (Å²) in [4.78, 5) is 0. The molecule has 0 N–H and O–H groups in total. The lowest BCUT2D eigenvalue weighted by Crippen LogP contribution is -2.41. The highest BCUT2D eigenvalue weighted by Crippen LogP contribution is 2.63. The second kappa shape index (κ2) is 18.6. The smallest absolute Gasteiger partial charge is 0.403 e. The Labute approximate surface area is 406 Å². The summed E-state index contributed by atoms with van der Waals surface area (Å²) in [6.07, 6.45) is 25.5. The summed E-state index contributed by atoms with van der Waals surface area (Å²) in [5.74, 6) is 0.254. The van der Waals surface area contributed by atoms with Gasteiger partial charge in [-0.15, -0.1) is 0 Å². The maximum atomic E-state index is 6.73. The molecule has 2 heterocycles. The summed E-state index contributed by atoms with van der Waals surface area (Å²) in [6, 6.07) is 33.5. The number of allylic oxidation sites excluding steroid dienone is 4. The molecular formula is C61H80B2O4. The van der Waals surface area contributed by atoms with Crippen molar-refractivity contribution in [3.63, 3.8) is 0 Å². The summed E-state index contributed by atoms with van der Waals surface area (Å²) >= 11 is 0. The maximum Gasteiger partial charge on any atom is 0.494 e. The largest absolute Gasteiger partial charge is 0.494 e. The zero-order chi connectivity index (χ0) is 47.4. The van der Waals surface area contributed by atoms with Crippen molar-refractivity contribution in [1.82, 2.24) is 0 Å². The number of hydrogen-bond acceptors (Lipinski definition) is 4. The molecule has 0 radical (unpaired) electrons. The fourth-order valence-electron chi connectivity index (χ4n) is 12.4. The second-order valence-corrected chi connectivity index (χ2v) is 23.2. The molecule has 0 aromatic heterocycles. The van der Waals surface area contributed by atoms with E-state index in [2.05, 4.69) is 179 Å². The van der Waals surface area contributed by atoms with Gasteiger partial charge in [0, 0.05) is 11.2 Å².